The van der Waals surface area contributed by atoms with Crippen molar-refractivity contribution >= 4 is 34.5 Å². The monoisotopic (exact) mass is 286 g/mol. The first-order chi connectivity index (χ1) is 9.63. The number of aromatic carboxylic acids is 1. The second kappa shape index (κ2) is 4.90. The number of nitrogens with zero attached hydrogens (tertiary/aromatic N) is 1. The van der Waals surface area contributed by atoms with E-state index in [-0.39, 0.29) is 5.56 Å². The number of nitrogens with two attached hydrogens (primary N) is 1. The molecule has 3 aromatic rings. The molecule has 0 radical (unpaired) electrons. The summed E-state index contributed by atoms with van der Waals surface area (Å²) in [5, 5.41) is 9.42. The minimum atomic E-state index is -0.996. The fourth-order valence-corrected chi connectivity index (χ4v) is 2.58. The molecular weight excluding hydrogens is 276 g/mol. The molecule has 2 aromatic carbocycles. The van der Waals surface area contributed by atoms with Crippen molar-refractivity contribution in [3.05, 3.63) is 48.0 Å². The van der Waals surface area contributed by atoms with Crippen LogP contribution in [0.15, 0.2) is 57.0 Å². The third-order valence-corrected chi connectivity index (χ3v) is 3.65. The summed E-state index contributed by atoms with van der Waals surface area (Å²) in [6.45, 7) is 0. The molecule has 100 valence electrons. The van der Waals surface area contributed by atoms with E-state index < -0.39 is 5.97 Å². The van der Waals surface area contributed by atoms with Crippen molar-refractivity contribution in [3.8, 4) is 0 Å². The lowest BCUT2D eigenvalue weighted by atomic mass is 10.2. The van der Waals surface area contributed by atoms with E-state index in [9.17, 15) is 4.79 Å². The number of hydrogen-bond donors (Lipinski definition) is 2. The highest BCUT2D eigenvalue weighted by Crippen LogP contribution is 2.33. The Morgan fingerprint density at radius 1 is 1.25 bits per heavy atom. The average Bonchev–Trinajstić information content (AvgIpc) is 2.83. The Morgan fingerprint density at radius 2 is 2.05 bits per heavy atom. The maximum absolute atomic E-state index is 11.0. The fourth-order valence-electron chi connectivity index (χ4n) is 1.74. The molecule has 0 bridgehead atoms. The van der Waals surface area contributed by atoms with Crippen molar-refractivity contribution < 1.29 is 14.3 Å². The van der Waals surface area contributed by atoms with Gasteiger partial charge >= 0.3 is 5.97 Å². The van der Waals surface area contributed by atoms with Crippen LogP contribution in [0.4, 0.5) is 5.69 Å². The minimum Gasteiger partial charge on any atom is -0.478 e. The smallest absolute Gasteiger partial charge is 0.335 e. The molecule has 0 aliphatic carbocycles. The van der Waals surface area contributed by atoms with Gasteiger partial charge in [-0.15, -0.1) is 0 Å². The molecular formula is C14H10N2O3S. The molecule has 0 fully saturated rings. The molecule has 3 N–H and O–H groups in total. The number of aromatic nitrogens is 1. The second-order valence-electron chi connectivity index (χ2n) is 4.11. The molecule has 20 heavy (non-hydrogen) atoms. The molecule has 0 spiro atoms. The molecule has 1 heterocycles. The van der Waals surface area contributed by atoms with Crippen molar-refractivity contribution in [1.29, 1.82) is 0 Å². The molecule has 0 aliphatic rings. The lowest BCUT2D eigenvalue weighted by Crippen LogP contribution is -1.98. The summed E-state index contributed by atoms with van der Waals surface area (Å²) in [5.41, 5.74) is 7.95. The summed E-state index contributed by atoms with van der Waals surface area (Å²) in [6, 6.07) is 11.9. The van der Waals surface area contributed by atoms with Gasteiger partial charge in [-0.1, -0.05) is 12.1 Å². The van der Waals surface area contributed by atoms with Gasteiger partial charge < -0.3 is 15.3 Å². The van der Waals surface area contributed by atoms with Crippen LogP contribution < -0.4 is 5.73 Å². The van der Waals surface area contributed by atoms with Gasteiger partial charge in [-0.3, -0.25) is 0 Å². The minimum absolute atomic E-state index is 0.179. The third-order valence-electron chi connectivity index (χ3n) is 2.73. The highest BCUT2D eigenvalue weighted by Gasteiger charge is 2.12. The van der Waals surface area contributed by atoms with Gasteiger partial charge in [0, 0.05) is 10.6 Å². The third kappa shape index (κ3) is 2.33. The molecule has 0 saturated heterocycles. The van der Waals surface area contributed by atoms with E-state index in [0.717, 1.165) is 5.52 Å². The summed E-state index contributed by atoms with van der Waals surface area (Å²) in [5.74, 6) is -0.996. The predicted octanol–water partition coefficient (Wildman–Crippen LogP) is 3.26. The summed E-state index contributed by atoms with van der Waals surface area (Å²) < 4.78 is 5.58. The first-order valence-electron chi connectivity index (χ1n) is 5.80. The van der Waals surface area contributed by atoms with Crippen LogP contribution in [0.2, 0.25) is 0 Å². The first kappa shape index (κ1) is 12.6. The van der Waals surface area contributed by atoms with Gasteiger partial charge in [0.1, 0.15) is 5.52 Å². The normalized spacial score (nSPS) is 10.8. The van der Waals surface area contributed by atoms with Crippen molar-refractivity contribution in [1.82, 2.24) is 4.98 Å². The second-order valence-corrected chi connectivity index (χ2v) is 5.10. The van der Waals surface area contributed by atoms with Crippen LogP contribution >= 0.6 is 11.8 Å². The van der Waals surface area contributed by atoms with E-state index in [4.69, 9.17) is 15.3 Å². The van der Waals surface area contributed by atoms with Gasteiger partial charge in [-0.25, -0.2) is 9.78 Å². The lowest BCUT2D eigenvalue weighted by Gasteiger charge is -2.03. The summed E-state index contributed by atoms with van der Waals surface area (Å²) in [4.78, 5) is 15.9. The van der Waals surface area contributed by atoms with E-state index in [1.54, 1.807) is 6.07 Å². The van der Waals surface area contributed by atoms with Crippen LogP contribution in [0.3, 0.4) is 0 Å². The quantitative estimate of drug-likeness (QED) is 0.718. The number of hydrogen-bond acceptors (Lipinski definition) is 5. The molecule has 0 unspecified atom stereocenters. The number of benzene rings is 2. The van der Waals surface area contributed by atoms with Gasteiger partial charge in [0.05, 0.1) is 5.56 Å². The molecule has 5 nitrogen and oxygen atoms in total. The Kier molecular flexibility index (Phi) is 3.08. The van der Waals surface area contributed by atoms with Crippen molar-refractivity contribution in [2.75, 3.05) is 5.73 Å². The zero-order valence-electron chi connectivity index (χ0n) is 10.2. The molecule has 0 aliphatic heterocycles. The van der Waals surface area contributed by atoms with E-state index in [1.807, 2.05) is 24.3 Å². The highest BCUT2D eigenvalue weighted by molar-refractivity contribution is 7.99. The Morgan fingerprint density at radius 3 is 2.80 bits per heavy atom. The Bertz CT molecular complexity index is 765. The largest absolute Gasteiger partial charge is 0.478 e. The first-order valence-corrected chi connectivity index (χ1v) is 6.61. The number of rotatable bonds is 3. The van der Waals surface area contributed by atoms with Crippen LogP contribution in [-0.2, 0) is 0 Å². The van der Waals surface area contributed by atoms with Crippen LogP contribution in [0.25, 0.3) is 11.1 Å². The van der Waals surface area contributed by atoms with Crippen molar-refractivity contribution in [2.24, 2.45) is 0 Å². The van der Waals surface area contributed by atoms with Gasteiger partial charge in [-0.2, -0.15) is 0 Å². The maximum Gasteiger partial charge on any atom is 0.335 e. The van der Waals surface area contributed by atoms with Crippen LogP contribution in [-0.4, -0.2) is 16.1 Å². The number of anilines is 1. The van der Waals surface area contributed by atoms with Crippen molar-refractivity contribution in [3.63, 3.8) is 0 Å². The number of carboxylic acid groups (broad SMARTS) is 1. The van der Waals surface area contributed by atoms with Crippen molar-refractivity contribution in [2.45, 2.75) is 10.1 Å². The molecule has 0 atom stereocenters. The standard InChI is InChI=1S/C14H10N2O3S/c15-9-6-5-8(13(17)18)7-12(9)20-14-16-10-3-1-2-4-11(10)19-14/h1-7H,15H2,(H,17,18). The summed E-state index contributed by atoms with van der Waals surface area (Å²) in [7, 11) is 0. The van der Waals surface area contributed by atoms with Crippen LogP contribution in [0.1, 0.15) is 10.4 Å². The van der Waals surface area contributed by atoms with Gasteiger partial charge in [-0.05, 0) is 42.1 Å². The number of para-hydroxylation sites is 2. The Balaban J connectivity index is 1.97. The average molecular weight is 286 g/mol. The van der Waals surface area contributed by atoms with E-state index in [0.29, 0.717) is 21.4 Å². The molecule has 1 aromatic heterocycles. The van der Waals surface area contributed by atoms with Gasteiger partial charge in [0.15, 0.2) is 5.58 Å². The lowest BCUT2D eigenvalue weighted by molar-refractivity contribution is 0.0696. The van der Waals surface area contributed by atoms with Gasteiger partial charge in [0.2, 0.25) is 0 Å². The van der Waals surface area contributed by atoms with E-state index >= 15 is 0 Å². The van der Waals surface area contributed by atoms with E-state index in [2.05, 4.69) is 4.98 Å². The Hall–Kier alpha value is -2.47. The molecule has 3 rings (SSSR count). The summed E-state index contributed by atoms with van der Waals surface area (Å²) in [6.07, 6.45) is 0. The zero-order valence-corrected chi connectivity index (χ0v) is 11.1. The summed E-state index contributed by atoms with van der Waals surface area (Å²) >= 11 is 1.21. The topological polar surface area (TPSA) is 89.4 Å². The molecule has 6 heteroatoms. The van der Waals surface area contributed by atoms with E-state index in [1.165, 1.54) is 23.9 Å². The van der Waals surface area contributed by atoms with Crippen LogP contribution in [0, 0.1) is 0 Å². The number of oxazole rings is 1. The molecule has 0 amide bonds. The zero-order chi connectivity index (χ0) is 14.1. The SMILES string of the molecule is Nc1ccc(C(=O)O)cc1Sc1nc2ccccc2o1. The maximum atomic E-state index is 11.0. The van der Waals surface area contributed by atoms with Crippen LogP contribution in [0.5, 0.6) is 0 Å². The highest BCUT2D eigenvalue weighted by atomic mass is 32.2. The van der Waals surface area contributed by atoms with Gasteiger partial charge in [0.25, 0.3) is 5.22 Å². The fraction of sp³-hybridized carbons (Fsp3) is 0. The number of fused-ring (bicyclic) bond motifs is 1. The Labute approximate surface area is 118 Å². The molecule has 0 saturated carbocycles. The number of carbonyl (C=O) groups is 1. The predicted molar refractivity (Wildman–Crippen MR) is 75.9 cm³/mol. The number of carboxylic acids is 1. The number of nitrogen functional groups attached to an aromatic ring is 1.